The van der Waals surface area contributed by atoms with Crippen LogP contribution in [0.4, 0.5) is 5.69 Å². The first-order valence-electron chi connectivity index (χ1n) is 11.4. The van der Waals surface area contributed by atoms with Gasteiger partial charge < -0.3 is 9.88 Å². The Labute approximate surface area is 197 Å². The molecule has 0 radical (unpaired) electrons. The van der Waals surface area contributed by atoms with Gasteiger partial charge in [-0.2, -0.15) is 4.31 Å². The number of hydrogen-bond acceptors (Lipinski definition) is 5. The van der Waals surface area contributed by atoms with Crippen molar-refractivity contribution in [2.45, 2.75) is 31.1 Å². The third kappa shape index (κ3) is 3.86. The van der Waals surface area contributed by atoms with Crippen LogP contribution in [-0.4, -0.2) is 59.6 Å². The number of amides is 1. The zero-order chi connectivity index (χ0) is 24.0. The molecule has 5 rings (SSSR count). The second-order valence-corrected chi connectivity index (χ2v) is 11.0. The number of nitrogens with zero attached hydrogens (tertiary/aromatic N) is 3. The summed E-state index contributed by atoms with van der Waals surface area (Å²) in [6.45, 7) is 3.01. The average Bonchev–Trinajstić information content (AvgIpc) is 3.21. The molecule has 1 atom stereocenters. The van der Waals surface area contributed by atoms with Crippen LogP contribution in [0.15, 0.2) is 47.4 Å². The summed E-state index contributed by atoms with van der Waals surface area (Å²) in [5.74, 6) is 0.497. The number of nitrogens with one attached hydrogen (secondary N) is 1. The molecule has 3 aromatic rings. The number of non-ortho nitro benzene ring substituents is 1. The number of nitro groups is 1. The van der Waals surface area contributed by atoms with E-state index < -0.39 is 14.9 Å². The summed E-state index contributed by atoms with van der Waals surface area (Å²) in [4.78, 5) is 28.9. The lowest BCUT2D eigenvalue weighted by atomic mass is 9.87. The zero-order valence-electron chi connectivity index (χ0n) is 18.9. The van der Waals surface area contributed by atoms with E-state index in [0.29, 0.717) is 11.5 Å². The molecule has 9 nitrogen and oxygen atoms in total. The van der Waals surface area contributed by atoms with E-state index in [1.54, 1.807) is 4.90 Å². The number of H-pyrrole nitrogens is 1. The van der Waals surface area contributed by atoms with Crippen LogP contribution < -0.4 is 0 Å². The van der Waals surface area contributed by atoms with Gasteiger partial charge in [0.05, 0.1) is 20.9 Å². The molecule has 0 spiro atoms. The molecule has 1 amide bonds. The highest BCUT2D eigenvalue weighted by atomic mass is 32.2. The predicted octanol–water partition coefficient (Wildman–Crippen LogP) is 3.35. The lowest BCUT2D eigenvalue weighted by Gasteiger charge is -2.34. The van der Waals surface area contributed by atoms with Crippen LogP contribution >= 0.6 is 0 Å². The number of sulfonamides is 1. The van der Waals surface area contributed by atoms with Gasteiger partial charge in [0, 0.05) is 49.4 Å². The van der Waals surface area contributed by atoms with E-state index in [4.69, 9.17) is 0 Å². The third-order valence-electron chi connectivity index (χ3n) is 6.89. The van der Waals surface area contributed by atoms with Crippen LogP contribution in [0.5, 0.6) is 0 Å². The van der Waals surface area contributed by atoms with Crippen molar-refractivity contribution in [3.8, 4) is 0 Å². The van der Waals surface area contributed by atoms with Crippen molar-refractivity contribution < 1.29 is 18.1 Å². The maximum absolute atomic E-state index is 13.4. The molecule has 2 heterocycles. The maximum atomic E-state index is 13.4. The SMILES string of the molecule is CC1CCc2[nH]c3c(C(=O)N4CCN(S(=O)(=O)c5cccc([N+](=O)[O-])c5)CC4)cccc3c2C1. The van der Waals surface area contributed by atoms with Gasteiger partial charge in [0.2, 0.25) is 10.0 Å². The molecular formula is C24H26N4O5S. The Morgan fingerprint density at radius 2 is 1.85 bits per heavy atom. The average molecular weight is 483 g/mol. The minimum absolute atomic E-state index is 0.113. The fraction of sp³-hybridized carbons (Fsp3) is 0.375. The molecule has 178 valence electrons. The van der Waals surface area contributed by atoms with Crippen molar-refractivity contribution in [1.82, 2.24) is 14.2 Å². The highest BCUT2D eigenvalue weighted by Gasteiger charge is 2.32. The minimum Gasteiger partial charge on any atom is -0.358 e. The van der Waals surface area contributed by atoms with E-state index in [0.717, 1.165) is 36.2 Å². The molecular weight excluding hydrogens is 456 g/mol. The number of fused-ring (bicyclic) bond motifs is 3. The lowest BCUT2D eigenvalue weighted by molar-refractivity contribution is -0.385. The Morgan fingerprint density at radius 1 is 1.12 bits per heavy atom. The number of benzene rings is 2. The van der Waals surface area contributed by atoms with Gasteiger partial charge >= 0.3 is 0 Å². The Kier molecular flexibility index (Phi) is 5.65. The molecule has 34 heavy (non-hydrogen) atoms. The zero-order valence-corrected chi connectivity index (χ0v) is 19.7. The number of carbonyl (C=O) groups is 1. The Bertz CT molecular complexity index is 1390. The topological polar surface area (TPSA) is 117 Å². The largest absolute Gasteiger partial charge is 0.358 e. The standard InChI is InChI=1S/C24H26N4O5S/c1-16-8-9-22-21(14-16)19-6-3-7-20(23(19)25-22)24(29)26-10-12-27(13-11-26)34(32,33)18-5-2-4-17(15-18)28(30)31/h2-7,15-16,25H,8-14H2,1H3. The molecule has 0 saturated carbocycles. The fourth-order valence-corrected chi connectivity index (χ4v) is 6.46. The Balaban J connectivity index is 1.34. The van der Waals surface area contributed by atoms with Gasteiger partial charge in [-0.1, -0.05) is 25.1 Å². The summed E-state index contributed by atoms with van der Waals surface area (Å²) in [5.41, 5.74) is 3.70. The van der Waals surface area contributed by atoms with E-state index in [2.05, 4.69) is 18.0 Å². The summed E-state index contributed by atoms with van der Waals surface area (Å²) in [5, 5.41) is 12.1. The van der Waals surface area contributed by atoms with E-state index in [-0.39, 0.29) is 42.7 Å². The van der Waals surface area contributed by atoms with E-state index >= 15 is 0 Å². The first kappa shape index (κ1) is 22.5. The van der Waals surface area contributed by atoms with Gasteiger partial charge in [-0.25, -0.2) is 8.42 Å². The third-order valence-corrected chi connectivity index (χ3v) is 8.79. The smallest absolute Gasteiger partial charge is 0.270 e. The summed E-state index contributed by atoms with van der Waals surface area (Å²) >= 11 is 0. The minimum atomic E-state index is -3.89. The quantitative estimate of drug-likeness (QED) is 0.452. The number of aromatic amines is 1. The summed E-state index contributed by atoms with van der Waals surface area (Å²) in [6.07, 6.45) is 3.11. The first-order chi connectivity index (χ1) is 16.3. The number of nitro benzene ring substituents is 1. The summed E-state index contributed by atoms with van der Waals surface area (Å²) in [7, 11) is -3.89. The van der Waals surface area contributed by atoms with Crippen LogP contribution in [0, 0.1) is 16.0 Å². The number of rotatable bonds is 4. The molecule has 1 aliphatic carbocycles. The van der Waals surface area contributed by atoms with Gasteiger partial charge in [0.1, 0.15) is 0 Å². The molecule has 2 aliphatic rings. The van der Waals surface area contributed by atoms with Crippen molar-refractivity contribution in [3.63, 3.8) is 0 Å². The monoisotopic (exact) mass is 482 g/mol. The van der Waals surface area contributed by atoms with Crippen LogP contribution in [0.1, 0.15) is 35.0 Å². The van der Waals surface area contributed by atoms with Crippen molar-refractivity contribution in [3.05, 3.63) is 69.4 Å². The van der Waals surface area contributed by atoms with Crippen molar-refractivity contribution in [2.75, 3.05) is 26.2 Å². The molecule has 2 aromatic carbocycles. The predicted molar refractivity (Wildman–Crippen MR) is 127 cm³/mol. The summed E-state index contributed by atoms with van der Waals surface area (Å²) < 4.78 is 27.3. The molecule has 1 saturated heterocycles. The van der Waals surface area contributed by atoms with E-state index in [9.17, 15) is 23.3 Å². The molecule has 1 unspecified atom stereocenters. The van der Waals surface area contributed by atoms with Gasteiger partial charge in [0.15, 0.2) is 0 Å². The van der Waals surface area contributed by atoms with Crippen molar-refractivity contribution in [2.24, 2.45) is 5.92 Å². The lowest BCUT2D eigenvalue weighted by Crippen LogP contribution is -2.50. The Morgan fingerprint density at radius 3 is 2.59 bits per heavy atom. The second-order valence-electron chi connectivity index (χ2n) is 9.11. The Hall–Kier alpha value is -3.24. The molecule has 1 aliphatic heterocycles. The molecule has 1 aromatic heterocycles. The molecule has 1 fully saturated rings. The van der Waals surface area contributed by atoms with E-state index in [1.807, 2.05) is 12.1 Å². The van der Waals surface area contributed by atoms with Crippen LogP contribution in [-0.2, 0) is 22.9 Å². The van der Waals surface area contributed by atoms with Gasteiger partial charge in [0.25, 0.3) is 11.6 Å². The number of aromatic nitrogens is 1. The van der Waals surface area contributed by atoms with Crippen LogP contribution in [0.2, 0.25) is 0 Å². The summed E-state index contributed by atoms with van der Waals surface area (Å²) in [6, 6.07) is 10.8. The fourth-order valence-electron chi connectivity index (χ4n) is 5.00. The van der Waals surface area contributed by atoms with Gasteiger partial charge in [-0.3, -0.25) is 14.9 Å². The number of aryl methyl sites for hydroxylation is 1. The molecule has 10 heteroatoms. The van der Waals surface area contributed by atoms with Crippen molar-refractivity contribution in [1.29, 1.82) is 0 Å². The normalized spacial score (nSPS) is 19.2. The molecule has 1 N–H and O–H groups in total. The van der Waals surface area contributed by atoms with Crippen LogP contribution in [0.3, 0.4) is 0 Å². The van der Waals surface area contributed by atoms with Crippen LogP contribution in [0.25, 0.3) is 10.9 Å². The number of carbonyl (C=O) groups excluding carboxylic acids is 1. The highest BCUT2D eigenvalue weighted by molar-refractivity contribution is 7.89. The molecule has 0 bridgehead atoms. The van der Waals surface area contributed by atoms with Crippen molar-refractivity contribution >= 4 is 32.5 Å². The van der Waals surface area contributed by atoms with Gasteiger partial charge in [-0.15, -0.1) is 0 Å². The highest BCUT2D eigenvalue weighted by Crippen LogP contribution is 2.33. The first-order valence-corrected chi connectivity index (χ1v) is 12.9. The van der Waals surface area contributed by atoms with Gasteiger partial charge in [-0.05, 0) is 42.9 Å². The number of para-hydroxylation sites is 1. The van der Waals surface area contributed by atoms with E-state index in [1.165, 1.54) is 33.8 Å². The number of piperazine rings is 1. The number of hydrogen-bond donors (Lipinski definition) is 1. The second kappa shape index (κ2) is 8.52. The maximum Gasteiger partial charge on any atom is 0.270 e.